The van der Waals surface area contributed by atoms with E-state index in [1.165, 1.54) is 0 Å². The maximum absolute atomic E-state index is 13.5. The molecule has 0 amide bonds. The molecule has 0 aliphatic carbocycles. The number of halogens is 2. The van der Waals surface area contributed by atoms with Gasteiger partial charge >= 0.3 is 0 Å². The second-order valence-electron chi connectivity index (χ2n) is 4.04. The van der Waals surface area contributed by atoms with E-state index in [2.05, 4.69) is 0 Å². The molecule has 1 aliphatic heterocycles. The first kappa shape index (κ1) is 12.2. The number of hydrogen-bond donors (Lipinski definition) is 3. The number of ether oxygens (including phenoxy) is 1. The number of benzene rings is 1. The van der Waals surface area contributed by atoms with Crippen LogP contribution in [0.1, 0.15) is 18.1 Å². The maximum atomic E-state index is 13.5. The minimum absolute atomic E-state index is 0.0962. The van der Waals surface area contributed by atoms with Gasteiger partial charge in [0.2, 0.25) is 0 Å². The molecule has 2 rings (SSSR count). The summed E-state index contributed by atoms with van der Waals surface area (Å²) in [7, 11) is 0. The third-order valence-electron chi connectivity index (χ3n) is 2.87. The predicted octanol–water partition coefficient (Wildman–Crippen LogP) is 0.730. The quantitative estimate of drug-likeness (QED) is 0.671. The van der Waals surface area contributed by atoms with Gasteiger partial charge < -0.3 is 20.7 Å². The van der Waals surface area contributed by atoms with Crippen molar-refractivity contribution in [1.29, 1.82) is 0 Å². The highest BCUT2D eigenvalue weighted by molar-refractivity contribution is 5.44. The van der Waals surface area contributed by atoms with Crippen LogP contribution in [0, 0.1) is 11.6 Å². The lowest BCUT2D eigenvalue weighted by Crippen LogP contribution is -2.24. The van der Waals surface area contributed by atoms with Crippen LogP contribution >= 0.6 is 0 Å². The molecule has 4 N–H and O–H groups in total. The second-order valence-corrected chi connectivity index (χ2v) is 4.04. The Morgan fingerprint density at radius 3 is 2.65 bits per heavy atom. The van der Waals surface area contributed by atoms with E-state index in [0.29, 0.717) is 6.07 Å². The van der Waals surface area contributed by atoms with E-state index in [4.69, 9.17) is 15.6 Å². The number of aliphatic hydroxyl groups excluding tert-OH is 2. The summed E-state index contributed by atoms with van der Waals surface area (Å²) < 4.78 is 31.8. The Hall–Kier alpha value is -1.24. The molecule has 1 aromatic rings. The highest BCUT2D eigenvalue weighted by Gasteiger charge is 2.35. The van der Waals surface area contributed by atoms with Crippen molar-refractivity contribution in [2.75, 3.05) is 12.3 Å². The number of rotatable bonds is 2. The fourth-order valence-electron chi connectivity index (χ4n) is 1.92. The fraction of sp³-hybridized carbons (Fsp3) is 0.455. The molecule has 94 valence electrons. The van der Waals surface area contributed by atoms with Crippen molar-refractivity contribution in [3.05, 3.63) is 29.3 Å². The summed E-state index contributed by atoms with van der Waals surface area (Å²) in [5, 5.41) is 18.4. The summed E-state index contributed by atoms with van der Waals surface area (Å²) in [5.74, 6) is -1.60. The smallest absolute Gasteiger partial charge is 0.149 e. The van der Waals surface area contributed by atoms with Crippen LogP contribution < -0.4 is 5.73 Å². The minimum atomic E-state index is -0.865. The zero-order valence-electron chi connectivity index (χ0n) is 8.94. The zero-order valence-corrected chi connectivity index (χ0v) is 8.94. The Bertz CT molecular complexity index is 427. The van der Waals surface area contributed by atoms with Crippen molar-refractivity contribution in [2.45, 2.75) is 24.7 Å². The standard InChI is InChI=1S/C11H13F2NO3/c12-6-2-7(13)8(14)1-5(6)10-3-9(16)11(4-15)17-10/h1-2,9-11,15-16H,3-4,14H2/t9-,10+,11+/m0/s1. The highest BCUT2D eigenvalue weighted by atomic mass is 19.1. The molecule has 17 heavy (non-hydrogen) atoms. The average Bonchev–Trinajstić information content (AvgIpc) is 2.65. The predicted molar refractivity (Wildman–Crippen MR) is 56.1 cm³/mol. The van der Waals surface area contributed by atoms with Crippen LogP contribution in [0.2, 0.25) is 0 Å². The van der Waals surface area contributed by atoms with Gasteiger partial charge in [0.25, 0.3) is 0 Å². The fourth-order valence-corrected chi connectivity index (χ4v) is 1.92. The first-order valence-corrected chi connectivity index (χ1v) is 5.21. The highest BCUT2D eigenvalue weighted by Crippen LogP contribution is 2.35. The number of anilines is 1. The van der Waals surface area contributed by atoms with Gasteiger partial charge in [-0.25, -0.2) is 8.78 Å². The molecule has 1 heterocycles. The molecule has 0 radical (unpaired) electrons. The number of hydrogen-bond acceptors (Lipinski definition) is 4. The monoisotopic (exact) mass is 245 g/mol. The van der Waals surface area contributed by atoms with E-state index in [9.17, 15) is 13.9 Å². The van der Waals surface area contributed by atoms with Crippen LogP contribution in [0.3, 0.4) is 0 Å². The SMILES string of the molecule is Nc1cc([C@H]2C[C@H](O)[C@@H](CO)O2)c(F)cc1F. The molecule has 0 unspecified atom stereocenters. The molecule has 0 saturated carbocycles. The van der Waals surface area contributed by atoms with Gasteiger partial charge in [0.1, 0.15) is 17.7 Å². The van der Waals surface area contributed by atoms with Crippen LogP contribution in [0.5, 0.6) is 0 Å². The van der Waals surface area contributed by atoms with Crippen molar-refractivity contribution in [2.24, 2.45) is 0 Å². The lowest BCUT2D eigenvalue weighted by molar-refractivity contribution is -0.0233. The third kappa shape index (κ3) is 2.24. The molecule has 1 fully saturated rings. The topological polar surface area (TPSA) is 75.7 Å². The summed E-state index contributed by atoms with van der Waals surface area (Å²) in [5.41, 5.74) is 5.27. The van der Waals surface area contributed by atoms with E-state index >= 15 is 0 Å². The summed E-state index contributed by atoms with van der Waals surface area (Å²) in [6, 6.07) is 1.84. The first-order valence-electron chi connectivity index (χ1n) is 5.21. The second kappa shape index (κ2) is 4.56. The molecule has 1 aromatic carbocycles. The van der Waals surface area contributed by atoms with Gasteiger partial charge in [-0.15, -0.1) is 0 Å². The molecule has 0 aromatic heterocycles. The van der Waals surface area contributed by atoms with Crippen molar-refractivity contribution >= 4 is 5.69 Å². The zero-order chi connectivity index (χ0) is 12.6. The van der Waals surface area contributed by atoms with Crippen LogP contribution in [0.4, 0.5) is 14.5 Å². The van der Waals surface area contributed by atoms with Gasteiger partial charge in [0.05, 0.1) is 24.5 Å². The largest absolute Gasteiger partial charge is 0.396 e. The molecular weight excluding hydrogens is 232 g/mol. The molecule has 6 heteroatoms. The molecule has 0 spiro atoms. The summed E-state index contributed by atoms with van der Waals surface area (Å²) in [6.45, 7) is -0.351. The Morgan fingerprint density at radius 2 is 2.06 bits per heavy atom. The number of nitrogen functional groups attached to an aromatic ring is 1. The van der Waals surface area contributed by atoms with E-state index in [0.717, 1.165) is 6.07 Å². The van der Waals surface area contributed by atoms with Gasteiger partial charge in [-0.2, -0.15) is 0 Å². The van der Waals surface area contributed by atoms with E-state index in [-0.39, 0.29) is 24.3 Å². The summed E-state index contributed by atoms with van der Waals surface area (Å²) >= 11 is 0. The van der Waals surface area contributed by atoms with Crippen molar-refractivity contribution in [3.8, 4) is 0 Å². The van der Waals surface area contributed by atoms with Gasteiger partial charge in [-0.3, -0.25) is 0 Å². The third-order valence-corrected chi connectivity index (χ3v) is 2.87. The molecule has 1 aliphatic rings. The molecule has 0 bridgehead atoms. The Morgan fingerprint density at radius 1 is 1.35 bits per heavy atom. The lowest BCUT2D eigenvalue weighted by Gasteiger charge is -2.13. The maximum Gasteiger partial charge on any atom is 0.149 e. The first-order chi connectivity index (χ1) is 8.02. The average molecular weight is 245 g/mol. The normalized spacial score (nSPS) is 28.6. The molecular formula is C11H13F2NO3. The van der Waals surface area contributed by atoms with Gasteiger partial charge in [-0.1, -0.05) is 0 Å². The van der Waals surface area contributed by atoms with E-state index in [1.54, 1.807) is 0 Å². The van der Waals surface area contributed by atoms with Crippen molar-refractivity contribution < 1.29 is 23.7 Å². The van der Waals surface area contributed by atoms with Crippen LogP contribution in [0.25, 0.3) is 0 Å². The van der Waals surface area contributed by atoms with Gasteiger partial charge in [0, 0.05) is 18.1 Å². The van der Waals surface area contributed by atoms with Crippen LogP contribution in [-0.4, -0.2) is 29.0 Å². The molecule has 1 saturated heterocycles. The minimum Gasteiger partial charge on any atom is -0.396 e. The van der Waals surface area contributed by atoms with Gasteiger partial charge in [-0.05, 0) is 6.07 Å². The lowest BCUT2D eigenvalue weighted by atomic mass is 10.0. The Labute approximate surface area is 96.6 Å². The van der Waals surface area contributed by atoms with Crippen molar-refractivity contribution in [3.63, 3.8) is 0 Å². The molecule has 4 nitrogen and oxygen atoms in total. The van der Waals surface area contributed by atoms with Crippen LogP contribution in [0.15, 0.2) is 12.1 Å². The van der Waals surface area contributed by atoms with Gasteiger partial charge in [0.15, 0.2) is 0 Å². The Balaban J connectivity index is 2.27. The number of nitrogens with two attached hydrogens (primary N) is 1. The summed E-state index contributed by atoms with van der Waals surface area (Å²) in [4.78, 5) is 0. The summed E-state index contributed by atoms with van der Waals surface area (Å²) in [6.07, 6.45) is -2.18. The van der Waals surface area contributed by atoms with E-state index in [1.807, 2.05) is 0 Å². The van der Waals surface area contributed by atoms with E-state index < -0.39 is 29.9 Å². The number of aliphatic hydroxyl groups is 2. The molecule has 3 atom stereocenters. The van der Waals surface area contributed by atoms with Crippen LogP contribution in [-0.2, 0) is 4.74 Å². The van der Waals surface area contributed by atoms with Crippen molar-refractivity contribution in [1.82, 2.24) is 0 Å². The Kier molecular flexibility index (Phi) is 3.28.